The number of carboxylic acid groups (broad SMARTS) is 1. The molecule has 0 fully saturated rings. The third-order valence-corrected chi connectivity index (χ3v) is 2.42. The van der Waals surface area contributed by atoms with Crippen LogP contribution in [0.15, 0.2) is 30.3 Å². The van der Waals surface area contributed by atoms with Gasteiger partial charge in [0.2, 0.25) is 0 Å². The second kappa shape index (κ2) is 5.32. The summed E-state index contributed by atoms with van der Waals surface area (Å²) in [5, 5.41) is 9.70. The molecule has 1 heterocycles. The molecule has 0 bridgehead atoms. The molecule has 4 nitrogen and oxygen atoms in total. The van der Waals surface area contributed by atoms with E-state index >= 15 is 0 Å². The number of hydrogen-bond acceptors (Lipinski definition) is 1. The van der Waals surface area contributed by atoms with E-state index in [1.165, 1.54) is 5.39 Å². The standard InChI is InChI=1S/C12H13NO2.H2O/c14-12(15)7-3-5-10-8-9-4-1-2-6-11(9)13-10;/h1-2,4,6,8,13H,3,5,7H2,(H,14,15);1H2. The van der Waals surface area contributed by atoms with E-state index in [-0.39, 0.29) is 11.9 Å². The highest BCUT2D eigenvalue weighted by Gasteiger charge is 2.01. The summed E-state index contributed by atoms with van der Waals surface area (Å²) in [5.41, 5.74) is 2.22. The van der Waals surface area contributed by atoms with Crippen LogP contribution in [0.4, 0.5) is 0 Å². The van der Waals surface area contributed by atoms with Crippen LogP contribution < -0.4 is 0 Å². The molecule has 86 valence electrons. The maximum absolute atomic E-state index is 10.4. The number of benzene rings is 1. The molecule has 2 aromatic rings. The number of fused-ring (bicyclic) bond motifs is 1. The van der Waals surface area contributed by atoms with Crippen molar-refractivity contribution < 1.29 is 15.4 Å². The van der Waals surface area contributed by atoms with Crippen molar-refractivity contribution in [3.8, 4) is 0 Å². The predicted molar refractivity (Wildman–Crippen MR) is 62.5 cm³/mol. The average Bonchev–Trinajstić information content (AvgIpc) is 2.59. The summed E-state index contributed by atoms with van der Waals surface area (Å²) in [7, 11) is 0. The number of hydrogen-bond donors (Lipinski definition) is 2. The first-order valence-corrected chi connectivity index (χ1v) is 5.04. The smallest absolute Gasteiger partial charge is 0.303 e. The molecule has 0 spiro atoms. The van der Waals surface area contributed by atoms with Gasteiger partial charge in [-0.05, 0) is 30.4 Å². The second-order valence-electron chi connectivity index (χ2n) is 3.63. The first kappa shape index (κ1) is 12.3. The van der Waals surface area contributed by atoms with Gasteiger partial charge in [-0.3, -0.25) is 4.79 Å². The van der Waals surface area contributed by atoms with Crippen LogP contribution in [0, 0.1) is 0 Å². The minimum absolute atomic E-state index is 0. The summed E-state index contributed by atoms with van der Waals surface area (Å²) in [4.78, 5) is 13.6. The molecule has 0 saturated carbocycles. The van der Waals surface area contributed by atoms with Crippen molar-refractivity contribution in [1.82, 2.24) is 4.98 Å². The third kappa shape index (κ3) is 2.84. The van der Waals surface area contributed by atoms with Gasteiger partial charge in [0.1, 0.15) is 0 Å². The Bertz CT molecular complexity index is 443. The number of carbonyl (C=O) groups is 1. The first-order chi connectivity index (χ1) is 7.25. The predicted octanol–water partition coefficient (Wildman–Crippen LogP) is 1.75. The molecule has 16 heavy (non-hydrogen) atoms. The Kier molecular flexibility index (Phi) is 4.08. The Hall–Kier alpha value is -1.81. The lowest BCUT2D eigenvalue weighted by Crippen LogP contribution is -1.95. The Balaban J connectivity index is 0.00000128. The lowest BCUT2D eigenvalue weighted by atomic mass is 10.2. The number of aromatic nitrogens is 1. The summed E-state index contributed by atoms with van der Waals surface area (Å²) in [5.74, 6) is -0.730. The zero-order chi connectivity index (χ0) is 10.7. The Morgan fingerprint density at radius 2 is 2.06 bits per heavy atom. The Labute approximate surface area is 93.2 Å². The van der Waals surface area contributed by atoms with Crippen LogP contribution in [-0.2, 0) is 11.2 Å². The fourth-order valence-corrected chi connectivity index (χ4v) is 1.70. The largest absolute Gasteiger partial charge is 0.481 e. The summed E-state index contributed by atoms with van der Waals surface area (Å²) in [6, 6.07) is 10.1. The minimum Gasteiger partial charge on any atom is -0.481 e. The van der Waals surface area contributed by atoms with E-state index in [2.05, 4.69) is 11.1 Å². The lowest BCUT2D eigenvalue weighted by molar-refractivity contribution is -0.137. The van der Waals surface area contributed by atoms with Gasteiger partial charge in [0, 0.05) is 17.6 Å². The van der Waals surface area contributed by atoms with Crippen molar-refractivity contribution >= 4 is 16.9 Å². The monoisotopic (exact) mass is 221 g/mol. The van der Waals surface area contributed by atoms with Crippen LogP contribution in [0.25, 0.3) is 10.9 Å². The molecule has 0 aliphatic rings. The number of nitrogens with one attached hydrogen (secondary N) is 1. The number of aliphatic carboxylic acids is 1. The second-order valence-corrected chi connectivity index (χ2v) is 3.63. The van der Waals surface area contributed by atoms with E-state index in [0.717, 1.165) is 17.6 Å². The number of carboxylic acids is 1. The van der Waals surface area contributed by atoms with Gasteiger partial charge in [-0.2, -0.15) is 0 Å². The van der Waals surface area contributed by atoms with Crippen LogP contribution in [0.3, 0.4) is 0 Å². The Morgan fingerprint density at radius 3 is 2.75 bits per heavy atom. The van der Waals surface area contributed by atoms with E-state index in [1.54, 1.807) is 0 Å². The summed E-state index contributed by atoms with van der Waals surface area (Å²) in [6.07, 6.45) is 1.71. The molecule has 0 radical (unpaired) electrons. The van der Waals surface area contributed by atoms with Gasteiger partial charge in [0.05, 0.1) is 0 Å². The van der Waals surface area contributed by atoms with Gasteiger partial charge in [0.15, 0.2) is 0 Å². The summed E-state index contributed by atoms with van der Waals surface area (Å²) >= 11 is 0. The summed E-state index contributed by atoms with van der Waals surface area (Å²) in [6.45, 7) is 0. The molecular weight excluding hydrogens is 206 g/mol. The maximum Gasteiger partial charge on any atom is 0.303 e. The SMILES string of the molecule is O.O=C(O)CCCc1cc2ccccc2[nH]1. The van der Waals surface area contributed by atoms with Crippen LogP contribution >= 0.6 is 0 Å². The number of aromatic amines is 1. The van der Waals surface area contributed by atoms with E-state index in [1.807, 2.05) is 24.3 Å². The number of H-pyrrole nitrogens is 1. The van der Waals surface area contributed by atoms with E-state index in [4.69, 9.17) is 5.11 Å². The van der Waals surface area contributed by atoms with Gasteiger partial charge in [-0.1, -0.05) is 18.2 Å². The van der Waals surface area contributed by atoms with Crippen molar-refractivity contribution in [3.63, 3.8) is 0 Å². The highest BCUT2D eigenvalue weighted by atomic mass is 16.4. The zero-order valence-corrected chi connectivity index (χ0v) is 8.86. The maximum atomic E-state index is 10.4. The highest BCUT2D eigenvalue weighted by molar-refractivity contribution is 5.80. The third-order valence-electron chi connectivity index (χ3n) is 2.42. The molecule has 0 saturated heterocycles. The highest BCUT2D eigenvalue weighted by Crippen LogP contribution is 2.15. The molecular formula is C12H15NO3. The van der Waals surface area contributed by atoms with Gasteiger partial charge >= 0.3 is 5.97 Å². The molecule has 2 rings (SSSR count). The Morgan fingerprint density at radius 1 is 1.31 bits per heavy atom. The van der Waals surface area contributed by atoms with Crippen LogP contribution in [0.1, 0.15) is 18.5 Å². The van der Waals surface area contributed by atoms with E-state index in [0.29, 0.717) is 6.42 Å². The van der Waals surface area contributed by atoms with Gasteiger partial charge in [0.25, 0.3) is 0 Å². The number of para-hydroxylation sites is 1. The quantitative estimate of drug-likeness (QED) is 0.824. The summed E-state index contributed by atoms with van der Waals surface area (Å²) < 4.78 is 0. The van der Waals surface area contributed by atoms with Crippen LogP contribution in [0.2, 0.25) is 0 Å². The molecule has 4 N–H and O–H groups in total. The van der Waals surface area contributed by atoms with Crippen molar-refractivity contribution in [1.29, 1.82) is 0 Å². The number of aryl methyl sites for hydroxylation is 1. The van der Waals surface area contributed by atoms with Crippen molar-refractivity contribution in [2.75, 3.05) is 0 Å². The van der Waals surface area contributed by atoms with Crippen LogP contribution in [0.5, 0.6) is 0 Å². The normalized spacial score (nSPS) is 10.0. The van der Waals surface area contributed by atoms with Gasteiger partial charge in [-0.15, -0.1) is 0 Å². The molecule has 1 aromatic heterocycles. The molecule has 0 aliphatic carbocycles. The van der Waals surface area contributed by atoms with Gasteiger partial charge < -0.3 is 15.6 Å². The van der Waals surface area contributed by atoms with E-state index in [9.17, 15) is 4.79 Å². The topological polar surface area (TPSA) is 84.6 Å². The minimum atomic E-state index is -0.730. The molecule has 1 aromatic carbocycles. The zero-order valence-electron chi connectivity index (χ0n) is 8.86. The van der Waals surface area contributed by atoms with Crippen molar-refractivity contribution in [2.24, 2.45) is 0 Å². The van der Waals surface area contributed by atoms with Gasteiger partial charge in [-0.25, -0.2) is 0 Å². The molecule has 4 heteroatoms. The van der Waals surface area contributed by atoms with Crippen LogP contribution in [-0.4, -0.2) is 21.5 Å². The molecule has 0 aliphatic heterocycles. The molecule has 0 amide bonds. The lowest BCUT2D eigenvalue weighted by Gasteiger charge is -1.94. The average molecular weight is 221 g/mol. The molecule has 0 unspecified atom stereocenters. The fraction of sp³-hybridized carbons (Fsp3) is 0.250. The number of rotatable bonds is 4. The fourth-order valence-electron chi connectivity index (χ4n) is 1.70. The van der Waals surface area contributed by atoms with Crippen molar-refractivity contribution in [2.45, 2.75) is 19.3 Å². The molecule has 0 atom stereocenters. The van der Waals surface area contributed by atoms with Crippen molar-refractivity contribution in [3.05, 3.63) is 36.0 Å². The van der Waals surface area contributed by atoms with E-state index < -0.39 is 5.97 Å². The first-order valence-electron chi connectivity index (χ1n) is 5.04.